The highest BCUT2D eigenvalue weighted by Crippen LogP contribution is 2.20. The Morgan fingerprint density at radius 2 is 2.00 bits per heavy atom. The molecular weight excluding hydrogens is 309 g/mol. The Hall–Kier alpha value is -1.54. The monoisotopic (exact) mass is 324 g/mol. The lowest BCUT2D eigenvalue weighted by Gasteiger charge is -2.29. The summed E-state index contributed by atoms with van der Waals surface area (Å²) in [5.74, 6) is -0.988. The van der Waals surface area contributed by atoms with E-state index in [0.717, 1.165) is 31.9 Å². The third kappa shape index (κ3) is 5.76. The molecule has 2 N–H and O–H groups in total. The Kier molecular flexibility index (Phi) is 6.22. The zero-order valence-corrected chi connectivity index (χ0v) is 11.9. The van der Waals surface area contributed by atoms with Crippen LogP contribution in [0.1, 0.15) is 6.42 Å². The largest absolute Gasteiger partial charge is 0.397 e. The van der Waals surface area contributed by atoms with Crippen molar-refractivity contribution in [3.8, 4) is 0 Å². The second kappa shape index (κ2) is 7.46. The van der Waals surface area contributed by atoms with Gasteiger partial charge in [-0.05, 0) is 12.1 Å². The van der Waals surface area contributed by atoms with E-state index >= 15 is 0 Å². The fraction of sp³-hybridized carbons (Fsp3) is 0.500. The Morgan fingerprint density at radius 1 is 1.33 bits per heavy atom. The zero-order valence-electron chi connectivity index (χ0n) is 11.1. The number of nitrogens with one attached hydrogen (secondary N) is 2. The van der Waals surface area contributed by atoms with Gasteiger partial charge < -0.3 is 15.5 Å². The predicted molar refractivity (Wildman–Crippen MR) is 75.9 cm³/mol. The van der Waals surface area contributed by atoms with Crippen molar-refractivity contribution in [2.24, 2.45) is 0 Å². The van der Waals surface area contributed by atoms with Gasteiger partial charge in [-0.1, -0.05) is 0 Å². The fourth-order valence-corrected chi connectivity index (χ4v) is 1.94. The number of amides is 1. The van der Waals surface area contributed by atoms with Crippen LogP contribution in [0.4, 0.5) is 24.7 Å². The van der Waals surface area contributed by atoms with Crippen LogP contribution in [0.15, 0.2) is 18.3 Å². The molecule has 0 radical (unpaired) electrons. The molecule has 0 aromatic carbocycles. The normalized spacial score (nSPS) is 15.3. The number of nitrogens with zero attached hydrogens (tertiary/aromatic N) is 2. The maximum Gasteiger partial charge on any atom is 0.397 e. The van der Waals surface area contributed by atoms with Gasteiger partial charge in [-0.3, -0.25) is 4.79 Å². The number of pyridine rings is 1. The number of alkyl halides is 3. The molecular formula is C12H16ClF3N4O. The van der Waals surface area contributed by atoms with Crippen molar-refractivity contribution in [2.45, 2.75) is 12.6 Å². The molecule has 1 saturated heterocycles. The molecule has 0 atom stereocenters. The predicted octanol–water partition coefficient (Wildman–Crippen LogP) is 1.80. The van der Waals surface area contributed by atoms with E-state index in [2.05, 4.69) is 20.5 Å². The third-order valence-electron chi connectivity index (χ3n) is 2.86. The second-order valence-corrected chi connectivity index (χ2v) is 4.48. The van der Waals surface area contributed by atoms with Crippen LogP contribution in [0.25, 0.3) is 0 Å². The number of halogens is 4. The Labute approximate surface area is 126 Å². The lowest BCUT2D eigenvalue weighted by Crippen LogP contribution is -2.43. The summed E-state index contributed by atoms with van der Waals surface area (Å²) in [5, 5.41) is 5.35. The van der Waals surface area contributed by atoms with Crippen LogP contribution >= 0.6 is 12.4 Å². The standard InChI is InChI=1S/C12H15F3N4O.ClH/c13-12(14,15)7-11(20)18-10-2-1-9(8-17-10)19-5-3-16-4-6-19;/h1-2,8,16H,3-7H2,(H,17,18,20);1H. The summed E-state index contributed by atoms with van der Waals surface area (Å²) in [6.07, 6.45) is -4.46. The second-order valence-electron chi connectivity index (χ2n) is 4.48. The summed E-state index contributed by atoms with van der Waals surface area (Å²) in [6, 6.07) is 3.24. The topological polar surface area (TPSA) is 57.3 Å². The lowest BCUT2D eigenvalue weighted by molar-refractivity contribution is -0.150. The van der Waals surface area contributed by atoms with Gasteiger partial charge in [0.15, 0.2) is 0 Å². The van der Waals surface area contributed by atoms with E-state index < -0.39 is 18.5 Å². The van der Waals surface area contributed by atoms with E-state index in [1.807, 2.05) is 0 Å². The van der Waals surface area contributed by atoms with Crippen molar-refractivity contribution in [3.63, 3.8) is 0 Å². The number of rotatable bonds is 3. The van der Waals surface area contributed by atoms with Gasteiger partial charge in [0.1, 0.15) is 12.2 Å². The first-order chi connectivity index (χ1) is 9.44. The quantitative estimate of drug-likeness (QED) is 0.890. The lowest BCUT2D eigenvalue weighted by atomic mass is 10.3. The summed E-state index contributed by atoms with van der Waals surface area (Å²) in [5.41, 5.74) is 0.889. The number of piperazine rings is 1. The molecule has 21 heavy (non-hydrogen) atoms. The van der Waals surface area contributed by atoms with E-state index in [9.17, 15) is 18.0 Å². The molecule has 0 spiro atoms. The van der Waals surface area contributed by atoms with Gasteiger partial charge in [-0.15, -0.1) is 12.4 Å². The van der Waals surface area contributed by atoms with Crippen LogP contribution in [0.5, 0.6) is 0 Å². The van der Waals surface area contributed by atoms with Crippen molar-refractivity contribution < 1.29 is 18.0 Å². The van der Waals surface area contributed by atoms with Crippen LogP contribution in [-0.2, 0) is 4.79 Å². The molecule has 2 heterocycles. The molecule has 1 aromatic heterocycles. The summed E-state index contributed by atoms with van der Waals surface area (Å²) in [7, 11) is 0. The van der Waals surface area contributed by atoms with Crippen LogP contribution in [0.3, 0.4) is 0 Å². The zero-order chi connectivity index (χ0) is 14.6. The van der Waals surface area contributed by atoms with E-state index in [4.69, 9.17) is 0 Å². The number of aromatic nitrogens is 1. The van der Waals surface area contributed by atoms with Crippen molar-refractivity contribution >= 4 is 29.8 Å². The maximum atomic E-state index is 12.0. The van der Waals surface area contributed by atoms with Crippen LogP contribution in [-0.4, -0.2) is 43.2 Å². The minimum atomic E-state index is -4.51. The van der Waals surface area contributed by atoms with Gasteiger partial charge in [-0.2, -0.15) is 13.2 Å². The fourth-order valence-electron chi connectivity index (χ4n) is 1.94. The molecule has 1 fully saturated rings. The molecule has 0 bridgehead atoms. The minimum Gasteiger partial charge on any atom is -0.368 e. The van der Waals surface area contributed by atoms with E-state index in [1.165, 1.54) is 6.07 Å². The van der Waals surface area contributed by atoms with Crippen molar-refractivity contribution in [3.05, 3.63) is 18.3 Å². The van der Waals surface area contributed by atoms with Crippen molar-refractivity contribution in [2.75, 3.05) is 36.4 Å². The van der Waals surface area contributed by atoms with Gasteiger partial charge >= 0.3 is 6.18 Å². The van der Waals surface area contributed by atoms with E-state index in [1.54, 1.807) is 12.3 Å². The molecule has 0 saturated carbocycles. The van der Waals surface area contributed by atoms with Gasteiger partial charge in [0.25, 0.3) is 0 Å². The molecule has 118 valence electrons. The third-order valence-corrected chi connectivity index (χ3v) is 2.86. The van der Waals surface area contributed by atoms with Gasteiger partial charge in [0.2, 0.25) is 5.91 Å². The molecule has 1 aliphatic rings. The van der Waals surface area contributed by atoms with Gasteiger partial charge in [0, 0.05) is 26.2 Å². The molecule has 1 aromatic rings. The Bertz CT molecular complexity index is 461. The first-order valence-electron chi connectivity index (χ1n) is 6.22. The molecule has 0 unspecified atom stereocenters. The summed E-state index contributed by atoms with van der Waals surface area (Å²) in [6.45, 7) is 3.46. The van der Waals surface area contributed by atoms with Gasteiger partial charge in [0.05, 0.1) is 11.9 Å². The summed E-state index contributed by atoms with van der Waals surface area (Å²) < 4.78 is 36.1. The van der Waals surface area contributed by atoms with Crippen LogP contribution in [0, 0.1) is 0 Å². The number of hydrogen-bond acceptors (Lipinski definition) is 4. The molecule has 1 amide bonds. The SMILES string of the molecule is Cl.O=C(CC(F)(F)F)Nc1ccc(N2CCNCC2)cn1. The number of carbonyl (C=O) groups is 1. The smallest absolute Gasteiger partial charge is 0.368 e. The molecule has 9 heteroatoms. The van der Waals surface area contributed by atoms with Gasteiger partial charge in [-0.25, -0.2) is 4.98 Å². The first kappa shape index (κ1) is 17.5. The highest BCUT2D eigenvalue weighted by atomic mass is 35.5. The highest BCUT2D eigenvalue weighted by molar-refractivity contribution is 5.90. The average Bonchev–Trinajstić information content (AvgIpc) is 2.38. The summed E-state index contributed by atoms with van der Waals surface area (Å²) >= 11 is 0. The van der Waals surface area contributed by atoms with E-state index in [0.29, 0.717) is 0 Å². The Morgan fingerprint density at radius 3 is 2.52 bits per heavy atom. The number of hydrogen-bond donors (Lipinski definition) is 2. The van der Waals surface area contributed by atoms with Crippen LogP contribution < -0.4 is 15.5 Å². The summed E-state index contributed by atoms with van der Waals surface area (Å²) in [4.78, 5) is 17.2. The van der Waals surface area contributed by atoms with Crippen molar-refractivity contribution in [1.29, 1.82) is 0 Å². The number of carbonyl (C=O) groups excluding carboxylic acids is 1. The average molecular weight is 325 g/mol. The van der Waals surface area contributed by atoms with Crippen molar-refractivity contribution in [1.82, 2.24) is 10.3 Å². The van der Waals surface area contributed by atoms with Crippen LogP contribution in [0.2, 0.25) is 0 Å². The first-order valence-corrected chi connectivity index (χ1v) is 6.22. The highest BCUT2D eigenvalue weighted by Gasteiger charge is 2.31. The minimum absolute atomic E-state index is 0. The number of anilines is 2. The molecule has 2 rings (SSSR count). The molecule has 1 aliphatic heterocycles. The Balaban J connectivity index is 0.00000220. The molecule has 0 aliphatic carbocycles. The van der Waals surface area contributed by atoms with E-state index in [-0.39, 0.29) is 18.2 Å². The maximum absolute atomic E-state index is 12.0. The molecule has 5 nitrogen and oxygen atoms in total.